The number of rotatable bonds is 5. The van der Waals surface area contributed by atoms with Gasteiger partial charge in [-0.15, -0.1) is 0 Å². The Hall–Kier alpha value is -0.770. The molecule has 2 aliphatic rings. The topological polar surface area (TPSA) is 50.4 Å². The van der Waals surface area contributed by atoms with Gasteiger partial charge in [-0.05, 0) is 65.2 Å². The molecule has 3 atom stereocenters. The lowest BCUT2D eigenvalue weighted by Gasteiger charge is -2.36. The van der Waals surface area contributed by atoms with Crippen LogP contribution in [-0.2, 0) is 4.74 Å². The SMILES string of the molecule is CC(NC1CCCCC1CNC(=O)OC(C)(C)C)C1CCCC1. The molecule has 0 aromatic heterocycles. The maximum absolute atomic E-state index is 11.9. The van der Waals surface area contributed by atoms with Gasteiger partial charge >= 0.3 is 6.09 Å². The normalized spacial score (nSPS) is 27.7. The zero-order valence-electron chi connectivity index (χ0n) is 15.5. The van der Waals surface area contributed by atoms with Gasteiger partial charge in [0.15, 0.2) is 0 Å². The fraction of sp³-hybridized carbons (Fsp3) is 0.947. The number of alkyl carbamates (subject to hydrolysis) is 1. The van der Waals surface area contributed by atoms with Crippen molar-refractivity contribution < 1.29 is 9.53 Å². The summed E-state index contributed by atoms with van der Waals surface area (Å²) in [5.41, 5.74) is -0.425. The summed E-state index contributed by atoms with van der Waals surface area (Å²) in [6, 6.07) is 1.14. The summed E-state index contributed by atoms with van der Waals surface area (Å²) in [6.07, 6.45) is 10.3. The molecule has 0 radical (unpaired) electrons. The van der Waals surface area contributed by atoms with Crippen LogP contribution < -0.4 is 10.6 Å². The number of hydrogen-bond donors (Lipinski definition) is 2. The lowest BCUT2D eigenvalue weighted by atomic mass is 9.83. The number of nitrogens with one attached hydrogen (secondary N) is 2. The monoisotopic (exact) mass is 324 g/mol. The third kappa shape index (κ3) is 6.33. The molecule has 0 aromatic carbocycles. The summed E-state index contributed by atoms with van der Waals surface area (Å²) in [5, 5.41) is 6.87. The minimum absolute atomic E-state index is 0.286. The van der Waals surface area contributed by atoms with Gasteiger partial charge in [0.25, 0.3) is 0 Å². The van der Waals surface area contributed by atoms with Crippen LogP contribution in [-0.4, -0.2) is 30.3 Å². The van der Waals surface area contributed by atoms with Crippen LogP contribution in [0.1, 0.15) is 79.1 Å². The molecule has 23 heavy (non-hydrogen) atoms. The minimum atomic E-state index is -0.425. The molecular formula is C19H36N2O2. The zero-order valence-corrected chi connectivity index (χ0v) is 15.5. The summed E-state index contributed by atoms with van der Waals surface area (Å²) in [4.78, 5) is 11.9. The van der Waals surface area contributed by atoms with Gasteiger partial charge in [-0.25, -0.2) is 4.79 Å². The second-order valence-corrected chi connectivity index (χ2v) is 8.53. The van der Waals surface area contributed by atoms with E-state index in [4.69, 9.17) is 4.74 Å². The van der Waals surface area contributed by atoms with Gasteiger partial charge in [-0.3, -0.25) is 0 Å². The quantitative estimate of drug-likeness (QED) is 0.795. The summed E-state index contributed by atoms with van der Waals surface area (Å²) in [7, 11) is 0. The Bertz CT molecular complexity index is 372. The molecule has 0 spiro atoms. The maximum atomic E-state index is 11.9. The number of hydrogen-bond acceptors (Lipinski definition) is 3. The van der Waals surface area contributed by atoms with Crippen LogP contribution in [0.2, 0.25) is 0 Å². The first kappa shape index (κ1) is 18.6. The van der Waals surface area contributed by atoms with Gasteiger partial charge in [0.2, 0.25) is 0 Å². The molecule has 3 unspecified atom stereocenters. The Morgan fingerprint density at radius 2 is 1.70 bits per heavy atom. The molecule has 2 N–H and O–H groups in total. The first-order valence-electron chi connectivity index (χ1n) is 9.58. The van der Waals surface area contributed by atoms with Crippen molar-refractivity contribution in [1.29, 1.82) is 0 Å². The van der Waals surface area contributed by atoms with E-state index in [0.717, 1.165) is 12.5 Å². The predicted octanol–water partition coefficient (Wildman–Crippen LogP) is 4.24. The van der Waals surface area contributed by atoms with Crippen molar-refractivity contribution in [1.82, 2.24) is 10.6 Å². The molecular weight excluding hydrogens is 288 g/mol. The summed E-state index contributed by atoms with van der Waals surface area (Å²) in [6.45, 7) is 8.79. The van der Waals surface area contributed by atoms with Crippen LogP contribution in [0.3, 0.4) is 0 Å². The van der Waals surface area contributed by atoms with Crippen LogP contribution in [0.4, 0.5) is 4.79 Å². The molecule has 0 bridgehead atoms. The lowest BCUT2D eigenvalue weighted by molar-refractivity contribution is 0.0509. The minimum Gasteiger partial charge on any atom is -0.444 e. The number of carbonyl (C=O) groups is 1. The van der Waals surface area contributed by atoms with E-state index < -0.39 is 5.60 Å². The third-order valence-electron chi connectivity index (χ3n) is 5.40. The summed E-state index contributed by atoms with van der Waals surface area (Å²) >= 11 is 0. The molecule has 2 saturated carbocycles. The van der Waals surface area contributed by atoms with E-state index in [1.807, 2.05) is 20.8 Å². The van der Waals surface area contributed by atoms with Crippen LogP contribution in [0.15, 0.2) is 0 Å². The molecule has 1 amide bonds. The van der Waals surface area contributed by atoms with Crippen LogP contribution in [0.5, 0.6) is 0 Å². The highest BCUT2D eigenvalue weighted by Gasteiger charge is 2.30. The number of carbonyl (C=O) groups excluding carboxylic acids is 1. The molecule has 134 valence electrons. The highest BCUT2D eigenvalue weighted by Crippen LogP contribution is 2.30. The van der Waals surface area contributed by atoms with Gasteiger partial charge in [0.05, 0.1) is 0 Å². The first-order valence-corrected chi connectivity index (χ1v) is 9.58. The average molecular weight is 325 g/mol. The summed E-state index contributed by atoms with van der Waals surface area (Å²) in [5.74, 6) is 1.37. The predicted molar refractivity (Wildman–Crippen MR) is 94.5 cm³/mol. The Balaban J connectivity index is 1.79. The van der Waals surface area contributed by atoms with Crippen molar-refractivity contribution in [3.63, 3.8) is 0 Å². The highest BCUT2D eigenvalue weighted by molar-refractivity contribution is 5.67. The fourth-order valence-corrected chi connectivity index (χ4v) is 4.13. The van der Waals surface area contributed by atoms with Crippen LogP contribution in [0.25, 0.3) is 0 Å². The lowest BCUT2D eigenvalue weighted by Crippen LogP contribution is -2.49. The Kier molecular flexibility index (Phi) is 6.75. The van der Waals surface area contributed by atoms with E-state index in [1.54, 1.807) is 0 Å². The molecule has 2 fully saturated rings. The third-order valence-corrected chi connectivity index (χ3v) is 5.40. The standard InChI is InChI=1S/C19H36N2O2/c1-14(15-9-5-6-10-15)21-17-12-8-7-11-16(17)13-20-18(22)23-19(2,3)4/h14-17,21H,5-13H2,1-4H3,(H,20,22). The number of ether oxygens (including phenoxy) is 1. The number of amides is 1. The van der Waals surface area contributed by atoms with E-state index in [1.165, 1.54) is 51.4 Å². The van der Waals surface area contributed by atoms with E-state index in [-0.39, 0.29) is 6.09 Å². The fourth-order valence-electron chi connectivity index (χ4n) is 4.13. The molecule has 0 saturated heterocycles. The molecule has 4 heteroatoms. The molecule has 2 aliphatic carbocycles. The maximum Gasteiger partial charge on any atom is 0.407 e. The van der Waals surface area contributed by atoms with Crippen molar-refractivity contribution >= 4 is 6.09 Å². The first-order chi connectivity index (χ1) is 10.8. The largest absolute Gasteiger partial charge is 0.444 e. The van der Waals surface area contributed by atoms with Gasteiger partial charge < -0.3 is 15.4 Å². The highest BCUT2D eigenvalue weighted by atomic mass is 16.6. The van der Waals surface area contributed by atoms with Crippen LogP contribution in [0, 0.1) is 11.8 Å². The Morgan fingerprint density at radius 3 is 2.35 bits per heavy atom. The van der Waals surface area contributed by atoms with Gasteiger partial charge in [0.1, 0.15) is 5.60 Å². The van der Waals surface area contributed by atoms with Gasteiger partial charge in [-0.1, -0.05) is 25.7 Å². The molecule has 0 aliphatic heterocycles. The van der Waals surface area contributed by atoms with Gasteiger partial charge in [0, 0.05) is 18.6 Å². The van der Waals surface area contributed by atoms with Gasteiger partial charge in [-0.2, -0.15) is 0 Å². The van der Waals surface area contributed by atoms with Crippen molar-refractivity contribution in [2.24, 2.45) is 11.8 Å². The van der Waals surface area contributed by atoms with Crippen molar-refractivity contribution in [3.8, 4) is 0 Å². The Morgan fingerprint density at radius 1 is 1.09 bits per heavy atom. The summed E-state index contributed by atoms with van der Waals surface area (Å²) < 4.78 is 5.36. The smallest absolute Gasteiger partial charge is 0.407 e. The van der Waals surface area contributed by atoms with E-state index in [2.05, 4.69) is 17.6 Å². The molecule has 0 aromatic rings. The second kappa shape index (κ2) is 8.36. The van der Waals surface area contributed by atoms with Crippen molar-refractivity contribution in [2.45, 2.75) is 96.7 Å². The molecule has 0 heterocycles. The van der Waals surface area contributed by atoms with E-state index >= 15 is 0 Å². The average Bonchev–Trinajstić information content (AvgIpc) is 2.99. The second-order valence-electron chi connectivity index (χ2n) is 8.53. The van der Waals surface area contributed by atoms with Crippen LogP contribution >= 0.6 is 0 Å². The Labute approximate surface area is 142 Å². The molecule has 2 rings (SSSR count). The molecule has 4 nitrogen and oxygen atoms in total. The van der Waals surface area contributed by atoms with E-state index in [9.17, 15) is 4.79 Å². The van der Waals surface area contributed by atoms with Crippen molar-refractivity contribution in [2.75, 3.05) is 6.54 Å². The van der Waals surface area contributed by atoms with Crippen molar-refractivity contribution in [3.05, 3.63) is 0 Å². The van der Waals surface area contributed by atoms with E-state index in [0.29, 0.717) is 18.0 Å². The zero-order chi connectivity index (χ0) is 16.9.